The minimum absolute atomic E-state index is 0.806. The van der Waals surface area contributed by atoms with E-state index in [0.29, 0.717) is 0 Å². The van der Waals surface area contributed by atoms with E-state index in [2.05, 4.69) is 42.7 Å². The van der Waals surface area contributed by atoms with Crippen molar-refractivity contribution in [3.8, 4) is 37.2 Å². The Morgan fingerprint density at radius 2 is 1.55 bits per heavy atom. The summed E-state index contributed by atoms with van der Waals surface area (Å²) in [5.74, 6) is 1.64. The van der Waals surface area contributed by atoms with E-state index in [-0.39, 0.29) is 0 Å². The van der Waals surface area contributed by atoms with Crippen LogP contribution in [-0.4, -0.2) is 38.8 Å². The van der Waals surface area contributed by atoms with Crippen LogP contribution in [0, 0.1) is 25.7 Å². The van der Waals surface area contributed by atoms with E-state index in [1.807, 2.05) is 6.07 Å². The highest BCUT2D eigenvalue weighted by Crippen LogP contribution is 2.28. The summed E-state index contributed by atoms with van der Waals surface area (Å²) in [6, 6.07) is 6.21. The fourth-order valence-electron chi connectivity index (χ4n) is 2.55. The third-order valence-electron chi connectivity index (χ3n) is 3.59. The molecule has 2 rings (SSSR count). The number of benzene rings is 1. The molecule has 1 fully saturated rings. The van der Waals surface area contributed by atoms with Crippen molar-refractivity contribution >= 4 is 0 Å². The lowest BCUT2D eigenvalue weighted by molar-refractivity contribution is 0.333. The Morgan fingerprint density at radius 3 is 2.09 bits per heavy atom. The van der Waals surface area contributed by atoms with Gasteiger partial charge in [-0.15, -0.1) is 25.7 Å². The smallest absolute Gasteiger partial charge is 0.160 e. The van der Waals surface area contributed by atoms with Crippen molar-refractivity contribution in [2.45, 2.75) is 25.7 Å². The molecular weight excluding hydrogens is 274 g/mol. The Hall–Kier alpha value is -2.10. The van der Waals surface area contributed by atoms with Crippen LogP contribution in [0.15, 0.2) is 18.2 Å². The lowest BCUT2D eigenvalue weighted by Gasteiger charge is -2.14. The number of hydrogen-bond donors (Lipinski definition) is 0. The van der Waals surface area contributed by atoms with Crippen LogP contribution in [0.2, 0.25) is 0 Å². The van der Waals surface area contributed by atoms with Crippen LogP contribution >= 0.6 is 0 Å². The number of nitrogens with zero attached hydrogens (tertiary/aromatic N) is 1. The van der Waals surface area contributed by atoms with E-state index >= 15 is 0 Å². The van der Waals surface area contributed by atoms with E-state index < -0.39 is 0 Å². The standard InChI is InChI=1S/C15H23NO2.2C2H2/c1-17-14-8-7-13(12-15(14)18-2)6-5-11-16-9-3-4-10-16;2*1-2/h7-8,12H,3-6,9-11H2,1-2H3;2*1-2H. The zero-order chi connectivity index (χ0) is 16.8. The van der Waals surface area contributed by atoms with Gasteiger partial charge in [0, 0.05) is 0 Å². The fourth-order valence-corrected chi connectivity index (χ4v) is 2.55. The summed E-state index contributed by atoms with van der Waals surface area (Å²) in [5, 5.41) is 0. The van der Waals surface area contributed by atoms with Crippen LogP contribution in [0.1, 0.15) is 24.8 Å². The maximum absolute atomic E-state index is 5.32. The van der Waals surface area contributed by atoms with Gasteiger partial charge < -0.3 is 14.4 Å². The van der Waals surface area contributed by atoms with Gasteiger partial charge in [-0.1, -0.05) is 6.07 Å². The Morgan fingerprint density at radius 1 is 0.955 bits per heavy atom. The monoisotopic (exact) mass is 301 g/mol. The van der Waals surface area contributed by atoms with Crippen LogP contribution in [-0.2, 0) is 6.42 Å². The van der Waals surface area contributed by atoms with Crippen molar-refractivity contribution in [1.82, 2.24) is 4.90 Å². The fraction of sp³-hybridized carbons (Fsp3) is 0.474. The van der Waals surface area contributed by atoms with Crippen LogP contribution in [0.25, 0.3) is 0 Å². The summed E-state index contributed by atoms with van der Waals surface area (Å²) in [6.07, 6.45) is 21.1. The minimum Gasteiger partial charge on any atom is -0.493 e. The predicted octanol–water partition coefficient (Wildman–Crippen LogP) is 3.23. The third-order valence-corrected chi connectivity index (χ3v) is 3.59. The van der Waals surface area contributed by atoms with Crippen molar-refractivity contribution in [3.63, 3.8) is 0 Å². The van der Waals surface area contributed by atoms with Gasteiger partial charge in [-0.05, 0) is 63.0 Å². The average molecular weight is 301 g/mol. The topological polar surface area (TPSA) is 21.7 Å². The molecule has 1 aliphatic heterocycles. The number of terminal acetylenes is 2. The lowest BCUT2D eigenvalue weighted by Crippen LogP contribution is -2.20. The molecule has 0 radical (unpaired) electrons. The highest BCUT2D eigenvalue weighted by atomic mass is 16.5. The van der Waals surface area contributed by atoms with Crippen LogP contribution in [0.5, 0.6) is 11.5 Å². The number of hydrogen-bond acceptors (Lipinski definition) is 3. The third kappa shape index (κ3) is 6.57. The summed E-state index contributed by atoms with van der Waals surface area (Å²) < 4.78 is 10.6. The molecule has 1 saturated heterocycles. The molecule has 0 aliphatic carbocycles. The second-order valence-electron chi connectivity index (χ2n) is 4.84. The zero-order valence-corrected chi connectivity index (χ0v) is 13.8. The average Bonchev–Trinajstić information content (AvgIpc) is 3.11. The molecule has 3 nitrogen and oxygen atoms in total. The summed E-state index contributed by atoms with van der Waals surface area (Å²) in [7, 11) is 3.36. The molecule has 1 heterocycles. The molecule has 0 amide bonds. The lowest BCUT2D eigenvalue weighted by atomic mass is 10.1. The Balaban J connectivity index is 0.00000102. The van der Waals surface area contributed by atoms with Gasteiger partial charge in [0.2, 0.25) is 0 Å². The van der Waals surface area contributed by atoms with Gasteiger partial charge in [0.25, 0.3) is 0 Å². The van der Waals surface area contributed by atoms with Gasteiger partial charge >= 0.3 is 0 Å². The summed E-state index contributed by atoms with van der Waals surface area (Å²) >= 11 is 0. The van der Waals surface area contributed by atoms with Crippen LogP contribution in [0.3, 0.4) is 0 Å². The maximum atomic E-state index is 5.32. The Kier molecular flexibility index (Phi) is 11.4. The van der Waals surface area contributed by atoms with Crippen LogP contribution < -0.4 is 9.47 Å². The molecule has 120 valence electrons. The summed E-state index contributed by atoms with van der Waals surface area (Å²) in [6.45, 7) is 3.78. The van der Waals surface area contributed by atoms with Gasteiger partial charge in [0.1, 0.15) is 0 Å². The SMILES string of the molecule is C#C.C#C.COc1ccc(CCCN2CCCC2)cc1OC. The highest BCUT2D eigenvalue weighted by molar-refractivity contribution is 5.42. The van der Waals surface area contributed by atoms with Crippen molar-refractivity contribution in [2.24, 2.45) is 0 Å². The molecule has 0 spiro atoms. The van der Waals surface area contributed by atoms with E-state index in [1.165, 1.54) is 44.5 Å². The quantitative estimate of drug-likeness (QED) is 0.753. The minimum atomic E-state index is 0.806. The molecule has 0 N–H and O–H groups in total. The zero-order valence-electron chi connectivity index (χ0n) is 13.8. The second kappa shape index (κ2) is 12.6. The van der Waals surface area contributed by atoms with E-state index in [0.717, 1.165) is 17.9 Å². The predicted molar refractivity (Wildman–Crippen MR) is 93.3 cm³/mol. The number of methoxy groups -OCH3 is 2. The first kappa shape index (κ1) is 19.9. The van der Waals surface area contributed by atoms with E-state index in [4.69, 9.17) is 9.47 Å². The van der Waals surface area contributed by atoms with Crippen molar-refractivity contribution < 1.29 is 9.47 Å². The molecule has 0 bridgehead atoms. The molecule has 22 heavy (non-hydrogen) atoms. The normalized spacial score (nSPS) is 13.2. The highest BCUT2D eigenvalue weighted by Gasteiger charge is 2.10. The molecule has 1 aliphatic rings. The number of likely N-dealkylation sites (tertiary alicyclic amines) is 1. The molecule has 1 aromatic carbocycles. The largest absolute Gasteiger partial charge is 0.493 e. The van der Waals surface area contributed by atoms with Crippen molar-refractivity contribution in [3.05, 3.63) is 23.8 Å². The molecule has 0 saturated carbocycles. The number of ether oxygens (including phenoxy) is 2. The molecule has 0 unspecified atom stereocenters. The molecule has 3 heteroatoms. The number of aryl methyl sites for hydroxylation is 1. The van der Waals surface area contributed by atoms with Gasteiger partial charge in [-0.25, -0.2) is 0 Å². The second-order valence-corrected chi connectivity index (χ2v) is 4.84. The summed E-state index contributed by atoms with van der Waals surface area (Å²) in [5.41, 5.74) is 1.33. The summed E-state index contributed by atoms with van der Waals surface area (Å²) in [4.78, 5) is 2.56. The van der Waals surface area contributed by atoms with E-state index in [1.54, 1.807) is 14.2 Å². The number of rotatable bonds is 6. The van der Waals surface area contributed by atoms with Crippen molar-refractivity contribution in [2.75, 3.05) is 33.9 Å². The Bertz CT molecular complexity index is 439. The first-order chi connectivity index (χ1) is 10.8. The molecule has 0 atom stereocenters. The van der Waals surface area contributed by atoms with E-state index in [9.17, 15) is 0 Å². The molecule has 1 aromatic rings. The van der Waals surface area contributed by atoms with Gasteiger partial charge in [-0.3, -0.25) is 0 Å². The van der Waals surface area contributed by atoms with Crippen LogP contribution in [0.4, 0.5) is 0 Å². The Labute approximate surface area is 135 Å². The maximum Gasteiger partial charge on any atom is 0.160 e. The first-order valence-corrected chi connectivity index (χ1v) is 7.43. The van der Waals surface area contributed by atoms with Gasteiger partial charge in [0.15, 0.2) is 11.5 Å². The van der Waals surface area contributed by atoms with Gasteiger partial charge in [0.05, 0.1) is 14.2 Å². The molecular formula is C19H27NO2. The van der Waals surface area contributed by atoms with Gasteiger partial charge in [-0.2, -0.15) is 0 Å². The van der Waals surface area contributed by atoms with Crippen molar-refractivity contribution in [1.29, 1.82) is 0 Å². The first-order valence-electron chi connectivity index (χ1n) is 7.43. The molecule has 0 aromatic heterocycles.